The minimum atomic E-state index is -0.575. The van der Waals surface area contributed by atoms with Gasteiger partial charge in [-0.25, -0.2) is 4.79 Å². The van der Waals surface area contributed by atoms with Gasteiger partial charge in [0.05, 0.1) is 12.1 Å². The molecule has 0 radical (unpaired) electrons. The van der Waals surface area contributed by atoms with Gasteiger partial charge in [0.1, 0.15) is 11.3 Å². The molecular weight excluding hydrogens is 380 g/mol. The summed E-state index contributed by atoms with van der Waals surface area (Å²) >= 11 is 0. The largest absolute Gasteiger partial charge is 0.427 e. The van der Waals surface area contributed by atoms with E-state index < -0.39 is 11.7 Å². The number of rotatable bonds is 6. The van der Waals surface area contributed by atoms with Crippen molar-refractivity contribution in [3.8, 4) is 0 Å². The molecule has 2 aromatic rings. The summed E-state index contributed by atoms with van der Waals surface area (Å²) in [4.78, 5) is 29.5. The Morgan fingerprint density at radius 1 is 1.13 bits per heavy atom. The first kappa shape index (κ1) is 20.8. The third-order valence-electron chi connectivity index (χ3n) is 6.30. The molecule has 0 spiro atoms. The van der Waals surface area contributed by atoms with E-state index in [-0.39, 0.29) is 24.1 Å². The molecule has 1 N–H and O–H groups in total. The molecular formula is C24H30N2O4. The summed E-state index contributed by atoms with van der Waals surface area (Å²) < 4.78 is 5.49. The molecule has 2 fully saturated rings. The summed E-state index contributed by atoms with van der Waals surface area (Å²) in [6, 6.07) is 12.0. The quantitative estimate of drug-likeness (QED) is 0.792. The molecule has 3 heterocycles. The fourth-order valence-electron chi connectivity index (χ4n) is 4.69. The van der Waals surface area contributed by atoms with Crippen molar-refractivity contribution < 1.29 is 14.3 Å². The maximum Gasteiger partial charge on any atom is 0.349 e. The lowest BCUT2D eigenvalue weighted by molar-refractivity contribution is 0.0757. The Kier molecular flexibility index (Phi) is 6.35. The summed E-state index contributed by atoms with van der Waals surface area (Å²) in [5.41, 5.74) is 1.42. The van der Waals surface area contributed by atoms with Crippen LogP contribution in [-0.2, 0) is 12.8 Å². The minimum absolute atomic E-state index is 0.0407. The van der Waals surface area contributed by atoms with E-state index in [4.69, 9.17) is 4.42 Å². The molecule has 160 valence electrons. The Labute approximate surface area is 177 Å². The van der Waals surface area contributed by atoms with Crippen LogP contribution in [0, 0.1) is 6.92 Å². The van der Waals surface area contributed by atoms with Crippen LogP contribution in [0.1, 0.15) is 46.5 Å². The fourth-order valence-corrected chi connectivity index (χ4v) is 4.69. The van der Waals surface area contributed by atoms with Gasteiger partial charge in [-0.2, -0.15) is 0 Å². The van der Waals surface area contributed by atoms with Gasteiger partial charge in [0.15, 0.2) is 0 Å². The van der Waals surface area contributed by atoms with Crippen LogP contribution in [0.25, 0.3) is 0 Å². The minimum Gasteiger partial charge on any atom is -0.427 e. The third-order valence-corrected chi connectivity index (χ3v) is 6.30. The number of aliphatic hydroxyl groups excluding tert-OH is 1. The van der Waals surface area contributed by atoms with Crippen LogP contribution in [0.3, 0.4) is 0 Å². The van der Waals surface area contributed by atoms with E-state index in [9.17, 15) is 14.7 Å². The predicted molar refractivity (Wildman–Crippen MR) is 115 cm³/mol. The summed E-state index contributed by atoms with van der Waals surface area (Å²) in [5, 5.41) is 10.5. The van der Waals surface area contributed by atoms with E-state index in [1.807, 2.05) is 24.3 Å². The van der Waals surface area contributed by atoms with Crippen LogP contribution >= 0.6 is 0 Å². The summed E-state index contributed by atoms with van der Waals surface area (Å²) in [6.07, 6.45) is 4.12. The highest BCUT2D eigenvalue weighted by Crippen LogP contribution is 2.23. The van der Waals surface area contributed by atoms with Crippen molar-refractivity contribution >= 4 is 5.91 Å². The lowest BCUT2D eigenvalue weighted by Crippen LogP contribution is -2.41. The van der Waals surface area contributed by atoms with Gasteiger partial charge in [-0.15, -0.1) is 0 Å². The normalized spacial score (nSPS) is 22.0. The Bertz CT molecular complexity index is 934. The average Bonchev–Trinajstić information content (AvgIpc) is 3.38. The number of likely N-dealkylation sites (tertiary alicyclic amines) is 2. The topological polar surface area (TPSA) is 74.0 Å². The van der Waals surface area contributed by atoms with E-state index in [1.54, 1.807) is 11.8 Å². The number of amides is 1. The molecule has 6 heteroatoms. The number of aryl methyl sites for hydroxylation is 3. The smallest absolute Gasteiger partial charge is 0.349 e. The predicted octanol–water partition coefficient (Wildman–Crippen LogP) is 2.40. The summed E-state index contributed by atoms with van der Waals surface area (Å²) in [5.74, 6) is 0.277. The number of hydrogen-bond donors (Lipinski definition) is 1. The molecule has 4 rings (SSSR count). The maximum atomic E-state index is 13.0. The summed E-state index contributed by atoms with van der Waals surface area (Å²) in [6.45, 7) is 4.43. The van der Waals surface area contributed by atoms with E-state index in [1.165, 1.54) is 5.56 Å². The molecule has 0 unspecified atom stereocenters. The van der Waals surface area contributed by atoms with E-state index >= 15 is 0 Å². The van der Waals surface area contributed by atoms with Crippen LogP contribution < -0.4 is 5.63 Å². The van der Waals surface area contributed by atoms with Crippen molar-refractivity contribution in [3.05, 3.63) is 69.3 Å². The number of nitrogens with zero attached hydrogens (tertiary/aromatic N) is 2. The number of carbonyl (C=O) groups is 1. The fraction of sp³-hybridized carbons (Fsp3) is 0.500. The van der Waals surface area contributed by atoms with Crippen molar-refractivity contribution in [2.75, 3.05) is 26.2 Å². The Hall–Kier alpha value is -2.44. The van der Waals surface area contributed by atoms with E-state index in [0.29, 0.717) is 24.3 Å². The highest BCUT2D eigenvalue weighted by Gasteiger charge is 2.39. The maximum absolute atomic E-state index is 13.0. The standard InChI is InChI=1S/C24H30N2O4/c1-17-14-19(11-7-10-18-8-3-2-4-9-18)30-24(29)22(17)23(28)26-15-20(21(27)16-26)25-12-5-6-13-25/h2-4,8-9,14,20-21,27H,5-7,10-13,15-16H2,1H3/t20-,21-/m0/s1. The van der Waals surface area contributed by atoms with Gasteiger partial charge in [0.25, 0.3) is 5.91 Å². The number of β-amino-alcohol motifs (C(OH)–C–C–N with tert-alkyl or cyclic N) is 1. The Morgan fingerprint density at radius 2 is 1.87 bits per heavy atom. The van der Waals surface area contributed by atoms with Crippen LogP contribution in [0.2, 0.25) is 0 Å². The molecule has 0 saturated carbocycles. The van der Waals surface area contributed by atoms with Gasteiger partial charge in [-0.1, -0.05) is 30.3 Å². The monoisotopic (exact) mass is 410 g/mol. The lowest BCUT2D eigenvalue weighted by atomic mass is 10.1. The van der Waals surface area contributed by atoms with Crippen LogP contribution in [0.4, 0.5) is 0 Å². The zero-order chi connectivity index (χ0) is 21.1. The number of carbonyl (C=O) groups excluding carboxylic acids is 1. The van der Waals surface area contributed by atoms with Gasteiger partial charge >= 0.3 is 5.63 Å². The molecule has 2 saturated heterocycles. The van der Waals surface area contributed by atoms with Gasteiger partial charge < -0.3 is 14.4 Å². The summed E-state index contributed by atoms with van der Waals surface area (Å²) in [7, 11) is 0. The van der Waals surface area contributed by atoms with Crippen molar-refractivity contribution in [1.82, 2.24) is 9.80 Å². The molecule has 0 bridgehead atoms. The zero-order valence-electron chi connectivity index (χ0n) is 17.5. The van der Waals surface area contributed by atoms with Crippen molar-refractivity contribution in [2.24, 2.45) is 0 Å². The van der Waals surface area contributed by atoms with Crippen molar-refractivity contribution in [2.45, 2.75) is 51.2 Å². The van der Waals surface area contributed by atoms with Crippen molar-refractivity contribution in [3.63, 3.8) is 0 Å². The average molecular weight is 411 g/mol. The number of hydrogen-bond acceptors (Lipinski definition) is 5. The Morgan fingerprint density at radius 3 is 2.57 bits per heavy atom. The molecule has 1 aromatic heterocycles. The molecule has 0 aliphatic carbocycles. The first-order valence-corrected chi connectivity index (χ1v) is 10.9. The van der Waals surface area contributed by atoms with Gasteiger partial charge in [0.2, 0.25) is 0 Å². The van der Waals surface area contributed by atoms with Gasteiger partial charge in [-0.05, 0) is 62.9 Å². The second-order valence-electron chi connectivity index (χ2n) is 8.49. The number of benzene rings is 1. The zero-order valence-corrected chi connectivity index (χ0v) is 17.5. The van der Waals surface area contributed by atoms with Crippen LogP contribution in [-0.4, -0.2) is 59.1 Å². The highest BCUT2D eigenvalue weighted by molar-refractivity contribution is 5.95. The first-order chi connectivity index (χ1) is 14.5. The molecule has 2 aliphatic rings. The first-order valence-electron chi connectivity index (χ1n) is 10.9. The second kappa shape index (κ2) is 9.14. The third kappa shape index (κ3) is 4.50. The molecule has 2 atom stereocenters. The van der Waals surface area contributed by atoms with Gasteiger partial charge in [-0.3, -0.25) is 9.69 Å². The SMILES string of the molecule is Cc1cc(CCCc2ccccc2)oc(=O)c1C(=O)N1C[C@H](O)[C@@H](N2CCCC2)C1. The Balaban J connectivity index is 1.41. The molecule has 6 nitrogen and oxygen atoms in total. The van der Waals surface area contributed by atoms with Gasteiger partial charge in [0, 0.05) is 19.5 Å². The molecule has 2 aliphatic heterocycles. The lowest BCUT2D eigenvalue weighted by Gasteiger charge is -2.25. The molecule has 1 aromatic carbocycles. The van der Waals surface area contributed by atoms with E-state index in [2.05, 4.69) is 17.0 Å². The molecule has 1 amide bonds. The van der Waals surface area contributed by atoms with Crippen LogP contribution in [0.5, 0.6) is 0 Å². The number of aliphatic hydroxyl groups is 1. The molecule has 30 heavy (non-hydrogen) atoms. The van der Waals surface area contributed by atoms with Crippen LogP contribution in [0.15, 0.2) is 45.6 Å². The van der Waals surface area contributed by atoms with Crippen molar-refractivity contribution in [1.29, 1.82) is 0 Å². The second-order valence-corrected chi connectivity index (χ2v) is 8.49. The van der Waals surface area contributed by atoms with E-state index in [0.717, 1.165) is 38.8 Å². The highest BCUT2D eigenvalue weighted by atomic mass is 16.4.